The van der Waals surface area contributed by atoms with Crippen LogP contribution < -0.4 is 0 Å². The zero-order chi connectivity index (χ0) is 42.0. The molecular weight excluding hydrogens is 777 g/mol. The second-order valence-electron chi connectivity index (χ2n) is 15.3. The van der Waals surface area contributed by atoms with E-state index >= 15 is 0 Å². The first-order chi connectivity index (χ1) is 29.6. The third-order valence-corrected chi connectivity index (χ3v) is 14.8. The molecule has 0 aliphatic heterocycles. The number of unbranched alkanes of at least 4 members (excludes halogenated alkanes) is 4. The molecule has 0 fully saturated rings. The van der Waals surface area contributed by atoms with Crippen LogP contribution in [0, 0.1) is 0 Å². The molecule has 0 heterocycles. The Morgan fingerprint density at radius 3 is 0.717 bits per heavy atom. The van der Waals surface area contributed by atoms with Crippen LogP contribution in [0.2, 0.25) is 0 Å². The van der Waals surface area contributed by atoms with Crippen molar-refractivity contribution in [2.45, 2.75) is 73.8 Å². The number of ether oxygens (including phenoxy) is 4. The molecule has 6 aromatic rings. The highest BCUT2D eigenvalue weighted by Gasteiger charge is 2.57. The third-order valence-electron chi connectivity index (χ3n) is 12.3. The van der Waals surface area contributed by atoms with E-state index in [1.165, 1.54) is 0 Å². The second kappa shape index (κ2) is 22.6. The summed E-state index contributed by atoms with van der Waals surface area (Å²) in [4.78, 5) is 0. The number of methoxy groups -OCH3 is 4. The number of benzene rings is 6. The fraction of sp³-hybridized carbons (Fsp3) is 0.333. The van der Waals surface area contributed by atoms with Crippen molar-refractivity contribution >= 4 is 21.6 Å². The van der Waals surface area contributed by atoms with Crippen molar-refractivity contribution in [1.29, 1.82) is 0 Å². The summed E-state index contributed by atoms with van der Waals surface area (Å²) >= 11 is 0. The van der Waals surface area contributed by atoms with Gasteiger partial charge in [-0.25, -0.2) is 0 Å². The van der Waals surface area contributed by atoms with Crippen molar-refractivity contribution in [3.8, 4) is 0 Å². The summed E-state index contributed by atoms with van der Waals surface area (Å²) < 4.78 is 26.3. The molecule has 0 spiro atoms. The lowest BCUT2D eigenvalue weighted by molar-refractivity contribution is -0.239. The lowest BCUT2D eigenvalue weighted by atomic mass is 9.62. The zero-order valence-electron chi connectivity index (χ0n) is 35.8. The highest BCUT2D eigenvalue weighted by Crippen LogP contribution is 2.53. The molecule has 6 rings (SSSR count). The first kappa shape index (κ1) is 45.4. The summed E-state index contributed by atoms with van der Waals surface area (Å²) in [5, 5.41) is 0. The van der Waals surface area contributed by atoms with E-state index in [9.17, 15) is 0 Å². The fourth-order valence-electron chi connectivity index (χ4n) is 9.52. The highest BCUT2D eigenvalue weighted by atomic mass is 33.1. The van der Waals surface area contributed by atoms with Gasteiger partial charge >= 0.3 is 0 Å². The van der Waals surface area contributed by atoms with Gasteiger partial charge in [0.1, 0.15) is 0 Å². The number of rotatable bonds is 25. The summed E-state index contributed by atoms with van der Waals surface area (Å²) in [7, 11) is 11.2. The Morgan fingerprint density at radius 2 is 0.517 bits per heavy atom. The summed E-state index contributed by atoms with van der Waals surface area (Å²) in [6, 6.07) is 64.3. The molecule has 0 unspecified atom stereocenters. The molecule has 0 bridgehead atoms. The van der Waals surface area contributed by atoms with Crippen molar-refractivity contribution in [2.24, 2.45) is 0 Å². The van der Waals surface area contributed by atoms with Crippen LogP contribution in [0.15, 0.2) is 182 Å². The van der Waals surface area contributed by atoms with E-state index < -0.39 is 22.4 Å². The van der Waals surface area contributed by atoms with E-state index in [1.807, 2.05) is 21.6 Å². The maximum atomic E-state index is 6.58. The van der Waals surface area contributed by atoms with E-state index in [1.54, 1.807) is 28.4 Å². The van der Waals surface area contributed by atoms with Gasteiger partial charge in [-0.05, 0) is 59.1 Å². The Balaban J connectivity index is 1.04. The molecule has 0 atom stereocenters. The van der Waals surface area contributed by atoms with Gasteiger partial charge in [0.15, 0.2) is 11.6 Å². The van der Waals surface area contributed by atoms with E-state index in [-0.39, 0.29) is 0 Å². The molecule has 4 nitrogen and oxygen atoms in total. The molecule has 0 N–H and O–H groups in total. The van der Waals surface area contributed by atoms with Gasteiger partial charge in [0.2, 0.25) is 0 Å². The average Bonchev–Trinajstić information content (AvgIpc) is 3.33. The van der Waals surface area contributed by atoms with E-state index in [2.05, 4.69) is 182 Å². The lowest BCUT2D eigenvalue weighted by Crippen LogP contribution is -2.56. The van der Waals surface area contributed by atoms with Crippen LogP contribution in [0.3, 0.4) is 0 Å². The quantitative estimate of drug-likeness (QED) is 0.0247. The van der Waals surface area contributed by atoms with Crippen LogP contribution in [0.1, 0.15) is 84.7 Å². The third kappa shape index (κ3) is 9.35. The van der Waals surface area contributed by atoms with Crippen LogP contribution >= 0.6 is 21.6 Å². The van der Waals surface area contributed by atoms with E-state index in [4.69, 9.17) is 18.9 Å². The first-order valence-electron chi connectivity index (χ1n) is 21.4. The standard InChI is InChI=1S/C54H62O4S2/c1-55-51(56-2,53(45-29-13-5-14-30-45,46-31-15-6-16-32-46)47-33-17-7-18-34-47)41-25-11-27-43-59-60-44-28-12-26-42-52(57-3,58-4)54(48-35-19-8-20-36-48,49-37-21-9-22-38-49)50-39-23-10-24-40-50/h5-10,13-24,29-40H,11-12,25-28,41-44H2,1-4H3. The zero-order valence-corrected chi connectivity index (χ0v) is 37.5. The predicted octanol–water partition coefficient (Wildman–Crippen LogP) is 13.5. The molecule has 0 amide bonds. The van der Waals surface area contributed by atoms with Gasteiger partial charge in [0, 0.05) is 52.8 Å². The molecule has 6 aromatic carbocycles. The highest BCUT2D eigenvalue weighted by molar-refractivity contribution is 8.76. The Kier molecular flexibility index (Phi) is 17.1. The van der Waals surface area contributed by atoms with Gasteiger partial charge in [0.25, 0.3) is 0 Å². The predicted molar refractivity (Wildman–Crippen MR) is 254 cm³/mol. The SMILES string of the molecule is COC(CCCCCSSCCCCCC(OC)(OC)C(c1ccccc1)(c1ccccc1)c1ccccc1)(OC)C(c1ccccc1)(c1ccccc1)c1ccccc1. The van der Waals surface area contributed by atoms with Crippen molar-refractivity contribution in [3.05, 3.63) is 215 Å². The van der Waals surface area contributed by atoms with Gasteiger partial charge in [-0.1, -0.05) is 216 Å². The monoisotopic (exact) mass is 838 g/mol. The van der Waals surface area contributed by atoms with Crippen LogP contribution in [0.25, 0.3) is 0 Å². The lowest BCUT2D eigenvalue weighted by Gasteiger charge is -2.50. The minimum atomic E-state index is -0.925. The van der Waals surface area contributed by atoms with E-state index in [0.29, 0.717) is 0 Å². The molecule has 60 heavy (non-hydrogen) atoms. The van der Waals surface area contributed by atoms with Gasteiger partial charge in [-0.15, -0.1) is 0 Å². The summed E-state index contributed by atoms with van der Waals surface area (Å²) in [6.07, 6.45) is 7.94. The van der Waals surface area contributed by atoms with Crippen LogP contribution in [0.4, 0.5) is 0 Å². The van der Waals surface area contributed by atoms with Crippen LogP contribution in [0.5, 0.6) is 0 Å². The molecule has 0 aliphatic carbocycles. The van der Waals surface area contributed by atoms with Crippen LogP contribution in [-0.4, -0.2) is 51.5 Å². The second-order valence-corrected chi connectivity index (χ2v) is 18.0. The minimum absolute atomic E-state index is 0.677. The number of hydrogen-bond acceptors (Lipinski definition) is 6. The topological polar surface area (TPSA) is 36.9 Å². The molecule has 0 saturated carbocycles. The Morgan fingerprint density at radius 1 is 0.300 bits per heavy atom. The van der Waals surface area contributed by atoms with Gasteiger partial charge in [-0.3, -0.25) is 0 Å². The summed E-state index contributed by atoms with van der Waals surface area (Å²) in [5.41, 5.74) is 5.54. The average molecular weight is 839 g/mol. The molecule has 0 aliphatic rings. The van der Waals surface area contributed by atoms with Crippen molar-refractivity contribution in [1.82, 2.24) is 0 Å². The summed E-state index contributed by atoms with van der Waals surface area (Å²) in [6.45, 7) is 0. The smallest absolute Gasteiger partial charge is 0.185 e. The molecule has 314 valence electrons. The molecule has 0 radical (unpaired) electrons. The maximum absolute atomic E-state index is 6.58. The summed E-state index contributed by atoms with van der Waals surface area (Å²) in [5.74, 6) is 0.377. The van der Waals surface area contributed by atoms with Crippen molar-refractivity contribution in [3.63, 3.8) is 0 Å². The Hall–Kier alpha value is -4.14. The molecule has 6 heteroatoms. The van der Waals surface area contributed by atoms with Gasteiger partial charge < -0.3 is 18.9 Å². The minimum Gasteiger partial charge on any atom is -0.352 e. The Labute approximate surface area is 367 Å². The van der Waals surface area contributed by atoms with Crippen LogP contribution in [-0.2, 0) is 29.8 Å². The van der Waals surface area contributed by atoms with Gasteiger partial charge in [0.05, 0.1) is 10.8 Å². The number of hydrogen-bond donors (Lipinski definition) is 0. The van der Waals surface area contributed by atoms with Crippen molar-refractivity contribution < 1.29 is 18.9 Å². The molecule has 0 saturated heterocycles. The molecular formula is C54H62O4S2. The molecule has 0 aromatic heterocycles. The van der Waals surface area contributed by atoms with E-state index in [0.717, 1.165) is 96.3 Å². The van der Waals surface area contributed by atoms with Crippen molar-refractivity contribution in [2.75, 3.05) is 39.9 Å². The van der Waals surface area contributed by atoms with Gasteiger partial charge in [-0.2, -0.15) is 0 Å². The first-order valence-corrected chi connectivity index (χ1v) is 23.9. The maximum Gasteiger partial charge on any atom is 0.185 e. The normalized spacial score (nSPS) is 12.4. The Bertz CT molecular complexity index is 1710. The fourth-order valence-corrected chi connectivity index (χ4v) is 11.8. The largest absolute Gasteiger partial charge is 0.352 e.